The van der Waals surface area contributed by atoms with Crippen LogP contribution in [0.2, 0.25) is 0 Å². The smallest absolute Gasteiger partial charge is 0.247 e. The fourth-order valence-corrected chi connectivity index (χ4v) is 2.12. The van der Waals surface area contributed by atoms with Gasteiger partial charge in [0, 0.05) is 18.2 Å². The fraction of sp³-hybridized carbons (Fsp3) is 0.308. The predicted octanol–water partition coefficient (Wildman–Crippen LogP) is 0.787. The van der Waals surface area contributed by atoms with Crippen LogP contribution in [0.5, 0.6) is 0 Å². The number of sulfone groups is 1. The number of nitrogens with zero attached hydrogens (tertiary/aromatic N) is 2. The van der Waals surface area contributed by atoms with Crippen LogP contribution in [0.1, 0.15) is 12.3 Å². The van der Waals surface area contributed by atoms with Crippen molar-refractivity contribution in [2.45, 2.75) is 13.0 Å². The van der Waals surface area contributed by atoms with E-state index in [2.05, 4.69) is 15.5 Å². The van der Waals surface area contributed by atoms with Crippen LogP contribution in [0.25, 0.3) is 11.5 Å². The van der Waals surface area contributed by atoms with Crippen molar-refractivity contribution in [3.63, 3.8) is 0 Å². The molecule has 0 aliphatic rings. The Labute approximate surface area is 122 Å². The van der Waals surface area contributed by atoms with Crippen LogP contribution < -0.4 is 5.32 Å². The average Bonchev–Trinajstić information content (AvgIpc) is 2.92. The third-order valence-corrected chi connectivity index (χ3v) is 3.57. The Bertz CT molecular complexity index is 710. The third kappa shape index (κ3) is 4.99. The highest BCUT2D eigenvalue weighted by atomic mass is 32.2. The first-order chi connectivity index (χ1) is 9.94. The van der Waals surface area contributed by atoms with Crippen LogP contribution in [-0.2, 0) is 21.2 Å². The highest BCUT2D eigenvalue weighted by Gasteiger charge is 2.11. The molecular formula is C13H15N3O4S. The van der Waals surface area contributed by atoms with Crippen molar-refractivity contribution in [3.8, 4) is 11.5 Å². The predicted molar refractivity (Wildman–Crippen MR) is 75.9 cm³/mol. The van der Waals surface area contributed by atoms with Gasteiger partial charge in [-0.15, -0.1) is 10.2 Å². The summed E-state index contributed by atoms with van der Waals surface area (Å²) in [6, 6.07) is 9.26. The fourth-order valence-electron chi connectivity index (χ4n) is 1.56. The van der Waals surface area contributed by atoms with Crippen molar-refractivity contribution >= 4 is 15.7 Å². The number of benzene rings is 1. The Kier molecular flexibility index (Phi) is 4.69. The van der Waals surface area contributed by atoms with Gasteiger partial charge in [-0.25, -0.2) is 8.42 Å². The summed E-state index contributed by atoms with van der Waals surface area (Å²) in [5.41, 5.74) is 0.791. The van der Waals surface area contributed by atoms with Crippen LogP contribution in [0, 0.1) is 0 Å². The van der Waals surface area contributed by atoms with Gasteiger partial charge in [-0.1, -0.05) is 18.2 Å². The van der Waals surface area contributed by atoms with E-state index in [1.807, 2.05) is 30.3 Å². The minimum absolute atomic E-state index is 0.0719. The monoisotopic (exact) mass is 309 g/mol. The maximum Gasteiger partial charge on any atom is 0.247 e. The zero-order valence-corrected chi connectivity index (χ0v) is 12.3. The highest BCUT2D eigenvalue weighted by Crippen LogP contribution is 2.16. The molecule has 1 heterocycles. The zero-order chi connectivity index (χ0) is 15.3. The van der Waals surface area contributed by atoms with E-state index < -0.39 is 9.84 Å². The summed E-state index contributed by atoms with van der Waals surface area (Å²) >= 11 is 0. The standard InChI is InChI=1S/C13H15N3O4S/c1-21(18,19)8-7-11(17)14-9-12-15-16-13(20-12)10-5-3-2-4-6-10/h2-6H,7-9H2,1H3,(H,14,17). The Morgan fingerprint density at radius 2 is 1.95 bits per heavy atom. The lowest BCUT2D eigenvalue weighted by molar-refractivity contribution is -0.120. The van der Waals surface area contributed by atoms with Crippen LogP contribution in [-0.4, -0.2) is 36.5 Å². The number of hydrogen-bond acceptors (Lipinski definition) is 6. The molecule has 1 amide bonds. The molecule has 1 aromatic carbocycles. The van der Waals surface area contributed by atoms with Gasteiger partial charge in [-0.3, -0.25) is 4.79 Å². The maximum atomic E-state index is 11.5. The molecule has 0 aliphatic heterocycles. The van der Waals surface area contributed by atoms with Gasteiger partial charge in [0.2, 0.25) is 17.7 Å². The molecule has 21 heavy (non-hydrogen) atoms. The second-order valence-electron chi connectivity index (χ2n) is 4.52. The van der Waals surface area contributed by atoms with Crippen molar-refractivity contribution in [2.24, 2.45) is 0 Å². The van der Waals surface area contributed by atoms with Crippen molar-refractivity contribution in [2.75, 3.05) is 12.0 Å². The summed E-state index contributed by atoms with van der Waals surface area (Å²) in [4.78, 5) is 11.5. The summed E-state index contributed by atoms with van der Waals surface area (Å²) in [5, 5.41) is 10.2. The van der Waals surface area contributed by atoms with E-state index in [0.29, 0.717) is 5.89 Å². The molecule has 0 bridgehead atoms. The van der Waals surface area contributed by atoms with Crippen molar-refractivity contribution in [1.29, 1.82) is 0 Å². The second-order valence-corrected chi connectivity index (χ2v) is 6.78. The van der Waals surface area contributed by atoms with Crippen molar-refractivity contribution in [1.82, 2.24) is 15.5 Å². The summed E-state index contributed by atoms with van der Waals surface area (Å²) < 4.78 is 27.3. The molecule has 1 aromatic heterocycles. The largest absolute Gasteiger partial charge is 0.419 e. The van der Waals surface area contributed by atoms with E-state index in [1.54, 1.807) is 0 Å². The zero-order valence-electron chi connectivity index (χ0n) is 11.4. The normalized spacial score (nSPS) is 11.3. The number of amides is 1. The van der Waals surface area contributed by atoms with Crippen molar-refractivity contribution < 1.29 is 17.6 Å². The molecule has 7 nitrogen and oxygen atoms in total. The molecule has 2 aromatic rings. The molecule has 8 heteroatoms. The topological polar surface area (TPSA) is 102 Å². The number of carbonyl (C=O) groups is 1. The van der Waals surface area contributed by atoms with Gasteiger partial charge < -0.3 is 9.73 Å². The lowest BCUT2D eigenvalue weighted by atomic mass is 10.2. The van der Waals surface area contributed by atoms with Crippen molar-refractivity contribution in [3.05, 3.63) is 36.2 Å². The third-order valence-electron chi connectivity index (χ3n) is 2.62. The van der Waals surface area contributed by atoms with Crippen LogP contribution in [0.3, 0.4) is 0 Å². The Morgan fingerprint density at radius 3 is 2.62 bits per heavy atom. The molecule has 112 valence electrons. The first-order valence-electron chi connectivity index (χ1n) is 6.26. The summed E-state index contributed by atoms with van der Waals surface area (Å²) in [6.07, 6.45) is 1.00. The lowest BCUT2D eigenvalue weighted by Gasteiger charge is -2.01. The van der Waals surface area contributed by atoms with E-state index in [-0.39, 0.29) is 30.5 Å². The van der Waals surface area contributed by atoms with Gasteiger partial charge in [0.15, 0.2) is 0 Å². The number of aromatic nitrogens is 2. The van der Waals surface area contributed by atoms with Gasteiger partial charge >= 0.3 is 0 Å². The van der Waals surface area contributed by atoms with E-state index in [1.165, 1.54) is 0 Å². The molecule has 2 rings (SSSR count). The van der Waals surface area contributed by atoms with E-state index >= 15 is 0 Å². The lowest BCUT2D eigenvalue weighted by Crippen LogP contribution is -2.25. The number of carbonyl (C=O) groups excluding carboxylic acids is 1. The summed E-state index contributed by atoms with van der Waals surface area (Å²) in [5.74, 6) is 0.0789. The van der Waals surface area contributed by atoms with E-state index in [9.17, 15) is 13.2 Å². The number of rotatable bonds is 6. The molecule has 0 saturated carbocycles. The molecule has 1 N–H and O–H groups in total. The molecule has 0 radical (unpaired) electrons. The molecular weight excluding hydrogens is 294 g/mol. The first-order valence-corrected chi connectivity index (χ1v) is 8.32. The summed E-state index contributed by atoms with van der Waals surface area (Å²) in [6.45, 7) is 0.0719. The van der Waals surface area contributed by atoms with Gasteiger partial charge in [-0.05, 0) is 12.1 Å². The molecule has 0 fully saturated rings. The molecule has 0 spiro atoms. The second kappa shape index (κ2) is 6.49. The maximum absolute atomic E-state index is 11.5. The molecule has 0 atom stereocenters. The first kappa shape index (κ1) is 15.2. The minimum Gasteiger partial charge on any atom is -0.419 e. The van der Waals surface area contributed by atoms with Crippen LogP contribution >= 0.6 is 0 Å². The van der Waals surface area contributed by atoms with E-state index in [0.717, 1.165) is 11.8 Å². The van der Waals surface area contributed by atoms with Gasteiger partial charge in [0.05, 0.1) is 12.3 Å². The Balaban J connectivity index is 1.87. The van der Waals surface area contributed by atoms with Crippen LogP contribution in [0.4, 0.5) is 0 Å². The summed E-state index contributed by atoms with van der Waals surface area (Å²) in [7, 11) is -3.15. The Hall–Kier alpha value is -2.22. The highest BCUT2D eigenvalue weighted by molar-refractivity contribution is 7.90. The quantitative estimate of drug-likeness (QED) is 0.846. The van der Waals surface area contributed by atoms with E-state index in [4.69, 9.17) is 4.42 Å². The number of nitrogens with one attached hydrogen (secondary N) is 1. The minimum atomic E-state index is -3.15. The molecule has 0 unspecified atom stereocenters. The average molecular weight is 309 g/mol. The van der Waals surface area contributed by atoms with Gasteiger partial charge in [-0.2, -0.15) is 0 Å². The molecule has 0 aliphatic carbocycles. The van der Waals surface area contributed by atoms with Gasteiger partial charge in [0.25, 0.3) is 0 Å². The number of hydrogen-bond donors (Lipinski definition) is 1. The SMILES string of the molecule is CS(=O)(=O)CCC(=O)NCc1nnc(-c2ccccc2)o1. The Morgan fingerprint density at radius 1 is 1.24 bits per heavy atom. The molecule has 0 saturated heterocycles. The van der Waals surface area contributed by atoms with Crippen LogP contribution in [0.15, 0.2) is 34.7 Å². The van der Waals surface area contributed by atoms with Gasteiger partial charge in [0.1, 0.15) is 9.84 Å².